The predicted molar refractivity (Wildman–Crippen MR) is 202 cm³/mol. The van der Waals surface area contributed by atoms with Crippen molar-refractivity contribution in [1.29, 1.82) is 0 Å². The van der Waals surface area contributed by atoms with E-state index in [-0.39, 0.29) is 46.3 Å². The van der Waals surface area contributed by atoms with E-state index in [0.717, 1.165) is 55.6 Å². The normalized spacial score (nSPS) is 11.5. The van der Waals surface area contributed by atoms with Gasteiger partial charge < -0.3 is 30.6 Å². The van der Waals surface area contributed by atoms with Gasteiger partial charge in [0.1, 0.15) is 34.5 Å². The van der Waals surface area contributed by atoms with E-state index < -0.39 is 0 Å². The molecule has 6 rings (SSSR count). The molecule has 0 bridgehead atoms. The van der Waals surface area contributed by atoms with Crippen molar-refractivity contribution in [3.05, 3.63) is 175 Å². The van der Waals surface area contributed by atoms with E-state index in [1.807, 2.05) is 90.1 Å². The molecule has 0 amide bonds. The van der Waals surface area contributed by atoms with E-state index in [4.69, 9.17) is 0 Å². The molecule has 0 fully saturated rings. The number of benzene rings is 6. The molecule has 260 valence electrons. The SMILES string of the molecule is Cc1cc(O)ccc1C(c1ccc(O)cc1C)c1cc(Cc2cc(C)c(O)c(C(c3ccc(O)cc3C)c3ccc(O)cc3C)c2)cc(C)c1O. The molecule has 0 saturated carbocycles. The zero-order chi connectivity index (χ0) is 36.7. The van der Waals surface area contributed by atoms with Gasteiger partial charge >= 0.3 is 0 Å². The molecule has 6 heteroatoms. The van der Waals surface area contributed by atoms with Crippen LogP contribution in [0.4, 0.5) is 0 Å². The maximum absolute atomic E-state index is 11.6. The van der Waals surface area contributed by atoms with Crippen LogP contribution in [0.5, 0.6) is 34.5 Å². The second-order valence-corrected chi connectivity index (χ2v) is 13.9. The number of phenolic OH excluding ortho intramolecular Hbond substituents is 6. The van der Waals surface area contributed by atoms with Gasteiger partial charge in [-0.25, -0.2) is 0 Å². The smallest absolute Gasteiger partial charge is 0.122 e. The summed E-state index contributed by atoms with van der Waals surface area (Å²) in [7, 11) is 0. The highest BCUT2D eigenvalue weighted by Gasteiger charge is 2.27. The van der Waals surface area contributed by atoms with E-state index in [0.29, 0.717) is 28.7 Å². The quantitative estimate of drug-likeness (QED) is 0.0891. The van der Waals surface area contributed by atoms with E-state index in [9.17, 15) is 30.6 Å². The molecule has 51 heavy (non-hydrogen) atoms. The fraction of sp³-hybridized carbons (Fsp3) is 0.200. The summed E-state index contributed by atoms with van der Waals surface area (Å²) in [6, 6.07) is 29.0. The number of rotatable bonds is 8. The first-order valence-corrected chi connectivity index (χ1v) is 17.0. The first-order valence-electron chi connectivity index (χ1n) is 17.0. The number of aryl methyl sites for hydroxylation is 6. The molecule has 0 aromatic heterocycles. The molecule has 6 nitrogen and oxygen atoms in total. The Labute approximate surface area is 299 Å². The minimum Gasteiger partial charge on any atom is -0.508 e. The molecule has 0 unspecified atom stereocenters. The van der Waals surface area contributed by atoms with Gasteiger partial charge in [-0.05, 0) is 163 Å². The molecular formula is C45H44O6. The molecular weight excluding hydrogens is 636 g/mol. The summed E-state index contributed by atoms with van der Waals surface area (Å²) in [5.74, 6) is 0.222. The van der Waals surface area contributed by atoms with Gasteiger partial charge in [-0.3, -0.25) is 0 Å². The Morgan fingerprint density at radius 3 is 0.863 bits per heavy atom. The van der Waals surface area contributed by atoms with Crippen molar-refractivity contribution >= 4 is 0 Å². The van der Waals surface area contributed by atoms with Crippen molar-refractivity contribution in [3.63, 3.8) is 0 Å². The molecule has 0 aliphatic rings. The molecule has 6 aromatic rings. The van der Waals surface area contributed by atoms with E-state index >= 15 is 0 Å². The summed E-state index contributed by atoms with van der Waals surface area (Å²) in [5, 5.41) is 64.2. The Morgan fingerprint density at radius 1 is 0.333 bits per heavy atom. The summed E-state index contributed by atoms with van der Waals surface area (Å²) in [6.45, 7) is 11.5. The summed E-state index contributed by atoms with van der Waals surface area (Å²) < 4.78 is 0. The lowest BCUT2D eigenvalue weighted by molar-refractivity contribution is 0.462. The lowest BCUT2D eigenvalue weighted by atomic mass is 9.78. The third-order valence-corrected chi connectivity index (χ3v) is 10.1. The van der Waals surface area contributed by atoms with Crippen molar-refractivity contribution < 1.29 is 30.6 Å². The van der Waals surface area contributed by atoms with Gasteiger partial charge in [-0.1, -0.05) is 48.5 Å². The largest absolute Gasteiger partial charge is 0.508 e. The van der Waals surface area contributed by atoms with Gasteiger partial charge in [0.25, 0.3) is 0 Å². The maximum atomic E-state index is 11.6. The van der Waals surface area contributed by atoms with Crippen LogP contribution in [0.25, 0.3) is 0 Å². The summed E-state index contributed by atoms with van der Waals surface area (Å²) in [4.78, 5) is 0. The molecule has 0 heterocycles. The summed E-state index contributed by atoms with van der Waals surface area (Å²) in [5.41, 5.74) is 12.0. The number of phenols is 6. The second-order valence-electron chi connectivity index (χ2n) is 13.9. The lowest BCUT2D eigenvalue weighted by Crippen LogP contribution is -2.10. The minimum atomic E-state index is -0.388. The maximum Gasteiger partial charge on any atom is 0.122 e. The average Bonchev–Trinajstić information content (AvgIpc) is 3.05. The minimum absolute atomic E-state index is 0.161. The van der Waals surface area contributed by atoms with Crippen molar-refractivity contribution in [2.75, 3.05) is 0 Å². The van der Waals surface area contributed by atoms with Crippen molar-refractivity contribution in [3.8, 4) is 34.5 Å². The van der Waals surface area contributed by atoms with Crippen LogP contribution in [0.2, 0.25) is 0 Å². The molecule has 0 saturated heterocycles. The molecule has 0 aliphatic carbocycles. The van der Waals surface area contributed by atoms with Crippen LogP contribution in [0.1, 0.15) is 89.7 Å². The Balaban J connectivity index is 1.51. The highest BCUT2D eigenvalue weighted by Crippen LogP contribution is 2.45. The average molecular weight is 681 g/mol. The molecule has 6 aromatic carbocycles. The zero-order valence-corrected chi connectivity index (χ0v) is 29.8. The van der Waals surface area contributed by atoms with Crippen LogP contribution < -0.4 is 0 Å². The van der Waals surface area contributed by atoms with E-state index in [1.54, 1.807) is 48.5 Å². The summed E-state index contributed by atoms with van der Waals surface area (Å²) >= 11 is 0. The van der Waals surface area contributed by atoms with Crippen LogP contribution >= 0.6 is 0 Å². The van der Waals surface area contributed by atoms with E-state index in [1.165, 1.54) is 0 Å². The fourth-order valence-corrected chi connectivity index (χ4v) is 7.59. The fourth-order valence-electron chi connectivity index (χ4n) is 7.59. The van der Waals surface area contributed by atoms with Crippen molar-refractivity contribution in [2.24, 2.45) is 0 Å². The van der Waals surface area contributed by atoms with Gasteiger partial charge in [-0.2, -0.15) is 0 Å². The third-order valence-electron chi connectivity index (χ3n) is 10.1. The first-order chi connectivity index (χ1) is 24.2. The molecule has 6 N–H and O–H groups in total. The van der Waals surface area contributed by atoms with E-state index in [2.05, 4.69) is 0 Å². The number of hydrogen-bond acceptors (Lipinski definition) is 6. The molecule has 0 spiro atoms. The Morgan fingerprint density at radius 2 is 0.608 bits per heavy atom. The van der Waals surface area contributed by atoms with Crippen LogP contribution in [0, 0.1) is 41.5 Å². The van der Waals surface area contributed by atoms with Gasteiger partial charge in [0.05, 0.1) is 0 Å². The molecule has 0 radical (unpaired) electrons. The molecule has 0 aliphatic heterocycles. The van der Waals surface area contributed by atoms with Crippen LogP contribution in [0.15, 0.2) is 97.1 Å². The van der Waals surface area contributed by atoms with Crippen molar-refractivity contribution in [2.45, 2.75) is 59.8 Å². The van der Waals surface area contributed by atoms with Crippen molar-refractivity contribution in [1.82, 2.24) is 0 Å². The van der Waals surface area contributed by atoms with Crippen LogP contribution in [0.3, 0.4) is 0 Å². The van der Waals surface area contributed by atoms with Gasteiger partial charge in [-0.15, -0.1) is 0 Å². The predicted octanol–water partition coefficient (Wildman–Crippen LogP) is 9.72. The highest BCUT2D eigenvalue weighted by atomic mass is 16.3. The second kappa shape index (κ2) is 13.8. The lowest BCUT2D eigenvalue weighted by Gasteiger charge is -2.26. The number of hydrogen-bond donors (Lipinski definition) is 6. The third kappa shape index (κ3) is 6.95. The van der Waals surface area contributed by atoms with Gasteiger partial charge in [0, 0.05) is 23.0 Å². The van der Waals surface area contributed by atoms with Crippen LogP contribution in [-0.2, 0) is 6.42 Å². The van der Waals surface area contributed by atoms with Gasteiger partial charge in [0.2, 0.25) is 0 Å². The summed E-state index contributed by atoms with van der Waals surface area (Å²) in [6.07, 6.45) is 0.508. The first kappa shape index (κ1) is 35.0. The monoisotopic (exact) mass is 680 g/mol. The number of aromatic hydroxyl groups is 6. The zero-order valence-electron chi connectivity index (χ0n) is 29.8. The van der Waals surface area contributed by atoms with Crippen LogP contribution in [-0.4, -0.2) is 30.6 Å². The highest BCUT2D eigenvalue weighted by molar-refractivity contribution is 5.60. The Kier molecular flexibility index (Phi) is 9.46. The Hall–Kier alpha value is -5.88. The van der Waals surface area contributed by atoms with Gasteiger partial charge in [0.15, 0.2) is 0 Å². The topological polar surface area (TPSA) is 121 Å². The Bertz CT molecular complexity index is 2020. The standard InChI is InChI=1S/C45H44O6/c1-24-17-32(46)7-11-36(24)42(37-12-8-33(47)18-25(37)2)40-22-30(15-28(5)44(40)50)21-31-16-29(6)45(51)41(23-31)43(38-13-9-34(48)19-26(38)3)39-14-10-35(49)20-27(39)4/h7-20,22-23,42-43,46-51H,21H2,1-6H3. The molecule has 0 atom stereocenters.